The molecule has 0 unspecified atom stereocenters. The Kier molecular flexibility index (Phi) is 4.13. The molecule has 9 heteroatoms. The molecule has 1 heterocycles. The van der Waals surface area contributed by atoms with E-state index in [1.807, 2.05) is 13.8 Å². The van der Waals surface area contributed by atoms with Gasteiger partial charge in [0.25, 0.3) is 11.6 Å². The van der Waals surface area contributed by atoms with E-state index in [9.17, 15) is 20.0 Å². The number of carbonyl (C=O) groups excluding carboxylic acids is 1. The zero-order valence-electron chi connectivity index (χ0n) is 11.2. The molecule has 0 saturated carbocycles. The molecule has 1 amide bonds. The number of nitro groups is 1. The van der Waals surface area contributed by atoms with Gasteiger partial charge in [-0.15, -0.1) is 5.10 Å². The van der Waals surface area contributed by atoms with Crippen LogP contribution in [0.3, 0.4) is 0 Å². The van der Waals surface area contributed by atoms with E-state index in [1.54, 1.807) is 0 Å². The van der Waals surface area contributed by atoms with Gasteiger partial charge in [-0.3, -0.25) is 14.9 Å². The third kappa shape index (κ3) is 2.97. The lowest BCUT2D eigenvalue weighted by Crippen LogP contribution is -2.14. The third-order valence-electron chi connectivity index (χ3n) is 2.72. The molecule has 21 heavy (non-hydrogen) atoms. The zero-order chi connectivity index (χ0) is 15.6. The maximum Gasteiger partial charge on any atom is 0.296 e. The van der Waals surface area contributed by atoms with Crippen LogP contribution >= 0.6 is 11.5 Å². The lowest BCUT2D eigenvalue weighted by atomic mass is 10.1. The summed E-state index contributed by atoms with van der Waals surface area (Å²) in [4.78, 5) is 22.7. The smallest absolute Gasteiger partial charge is 0.296 e. The second-order valence-electron chi connectivity index (χ2n) is 4.52. The Labute approximate surface area is 123 Å². The molecule has 0 spiro atoms. The number of carbonyl (C=O) groups is 1. The van der Waals surface area contributed by atoms with Crippen LogP contribution in [0.1, 0.15) is 35.1 Å². The summed E-state index contributed by atoms with van der Waals surface area (Å²) < 4.78 is 3.72. The van der Waals surface area contributed by atoms with Crippen molar-refractivity contribution in [1.82, 2.24) is 9.59 Å². The molecular formula is C12H12N4O4S. The normalized spacial score (nSPS) is 10.6. The number of hydrogen-bond donors (Lipinski definition) is 2. The number of aromatic hydroxyl groups is 1. The Morgan fingerprint density at radius 3 is 2.81 bits per heavy atom. The van der Waals surface area contributed by atoms with Gasteiger partial charge in [-0.1, -0.05) is 24.4 Å². The number of anilines is 1. The molecule has 2 aromatic rings. The van der Waals surface area contributed by atoms with Gasteiger partial charge in [0.15, 0.2) is 5.69 Å². The molecule has 0 aliphatic rings. The van der Waals surface area contributed by atoms with Crippen molar-refractivity contribution in [1.29, 1.82) is 0 Å². The Bertz CT molecular complexity index is 698. The minimum absolute atomic E-state index is 0.0103. The van der Waals surface area contributed by atoms with Crippen LogP contribution in [-0.2, 0) is 0 Å². The molecule has 0 aliphatic heterocycles. The van der Waals surface area contributed by atoms with Crippen LogP contribution in [0.15, 0.2) is 18.2 Å². The SMILES string of the molecule is CC(C)c1nnsc1C(=O)Nc1c(O)cccc1[N+](=O)[O-]. The first-order valence-electron chi connectivity index (χ1n) is 6.01. The van der Waals surface area contributed by atoms with Crippen molar-refractivity contribution in [2.24, 2.45) is 0 Å². The highest BCUT2D eigenvalue weighted by atomic mass is 32.1. The van der Waals surface area contributed by atoms with Crippen molar-refractivity contribution < 1.29 is 14.8 Å². The second-order valence-corrected chi connectivity index (χ2v) is 5.28. The fourth-order valence-corrected chi connectivity index (χ4v) is 2.43. The summed E-state index contributed by atoms with van der Waals surface area (Å²) in [6.07, 6.45) is 0. The highest BCUT2D eigenvalue weighted by molar-refractivity contribution is 7.08. The maximum atomic E-state index is 12.2. The van der Waals surface area contributed by atoms with E-state index in [0.29, 0.717) is 5.69 Å². The van der Waals surface area contributed by atoms with Gasteiger partial charge in [0, 0.05) is 6.07 Å². The van der Waals surface area contributed by atoms with Crippen LogP contribution in [0.4, 0.5) is 11.4 Å². The van der Waals surface area contributed by atoms with E-state index in [4.69, 9.17) is 0 Å². The highest BCUT2D eigenvalue weighted by Crippen LogP contribution is 2.34. The molecule has 8 nitrogen and oxygen atoms in total. The number of rotatable bonds is 4. The first-order chi connectivity index (χ1) is 9.91. The fourth-order valence-electron chi connectivity index (χ4n) is 1.71. The predicted molar refractivity (Wildman–Crippen MR) is 76.7 cm³/mol. The van der Waals surface area contributed by atoms with Crippen LogP contribution in [0.25, 0.3) is 0 Å². The minimum Gasteiger partial charge on any atom is -0.505 e. The molecule has 0 fully saturated rings. The maximum absolute atomic E-state index is 12.2. The zero-order valence-corrected chi connectivity index (χ0v) is 12.0. The predicted octanol–water partition coefficient (Wildman–Crippen LogP) is 2.53. The first-order valence-corrected chi connectivity index (χ1v) is 6.79. The number of nitro benzene ring substituents is 1. The molecule has 1 aromatic carbocycles. The monoisotopic (exact) mass is 308 g/mol. The first kappa shape index (κ1) is 14.9. The molecule has 0 aliphatic carbocycles. The summed E-state index contributed by atoms with van der Waals surface area (Å²) in [6.45, 7) is 3.71. The van der Waals surface area contributed by atoms with Gasteiger partial charge in [-0.05, 0) is 23.5 Å². The topological polar surface area (TPSA) is 118 Å². The lowest BCUT2D eigenvalue weighted by molar-refractivity contribution is -0.384. The Morgan fingerprint density at radius 2 is 2.19 bits per heavy atom. The largest absolute Gasteiger partial charge is 0.505 e. The van der Waals surface area contributed by atoms with Gasteiger partial charge in [0.1, 0.15) is 10.6 Å². The van der Waals surface area contributed by atoms with Gasteiger partial charge in [0.05, 0.1) is 10.6 Å². The summed E-state index contributed by atoms with van der Waals surface area (Å²) >= 11 is 0.901. The molecule has 0 radical (unpaired) electrons. The summed E-state index contributed by atoms with van der Waals surface area (Å²) in [5.74, 6) is -0.969. The molecule has 0 bridgehead atoms. The molecule has 0 saturated heterocycles. The average molecular weight is 308 g/mol. The molecular weight excluding hydrogens is 296 g/mol. The van der Waals surface area contributed by atoms with Crippen molar-refractivity contribution in [2.45, 2.75) is 19.8 Å². The van der Waals surface area contributed by atoms with Crippen LogP contribution in [0.2, 0.25) is 0 Å². The summed E-state index contributed by atoms with van der Waals surface area (Å²) in [7, 11) is 0. The molecule has 2 rings (SSSR count). The Morgan fingerprint density at radius 1 is 1.48 bits per heavy atom. The summed E-state index contributed by atoms with van der Waals surface area (Å²) in [5, 5.41) is 26.9. The summed E-state index contributed by atoms with van der Waals surface area (Å²) in [5.41, 5.74) is -0.113. The van der Waals surface area contributed by atoms with Gasteiger partial charge in [-0.2, -0.15) is 0 Å². The quantitative estimate of drug-likeness (QED) is 0.509. The Balaban J connectivity index is 2.36. The molecule has 110 valence electrons. The number of phenols is 1. The van der Waals surface area contributed by atoms with E-state index in [-0.39, 0.29) is 27.9 Å². The van der Waals surface area contributed by atoms with Gasteiger partial charge in [-0.25, -0.2) is 0 Å². The number of hydrogen-bond acceptors (Lipinski definition) is 7. The van der Waals surface area contributed by atoms with Crippen LogP contribution < -0.4 is 5.32 Å². The second kappa shape index (κ2) is 5.83. The number of aromatic nitrogens is 2. The van der Waals surface area contributed by atoms with E-state index in [2.05, 4.69) is 14.9 Å². The molecule has 2 N–H and O–H groups in total. The van der Waals surface area contributed by atoms with Crippen molar-refractivity contribution in [3.63, 3.8) is 0 Å². The van der Waals surface area contributed by atoms with E-state index in [1.165, 1.54) is 18.2 Å². The van der Waals surface area contributed by atoms with Gasteiger partial charge in [0.2, 0.25) is 0 Å². The van der Waals surface area contributed by atoms with Gasteiger partial charge >= 0.3 is 0 Å². The van der Waals surface area contributed by atoms with Crippen molar-refractivity contribution in [3.05, 3.63) is 38.9 Å². The van der Waals surface area contributed by atoms with Crippen molar-refractivity contribution in [3.8, 4) is 5.75 Å². The van der Waals surface area contributed by atoms with Crippen LogP contribution in [0.5, 0.6) is 5.75 Å². The molecule has 0 atom stereocenters. The average Bonchev–Trinajstić information content (AvgIpc) is 2.90. The number of phenolic OH excluding ortho intramolecular Hbond substituents is 1. The van der Waals surface area contributed by atoms with Gasteiger partial charge < -0.3 is 10.4 Å². The van der Waals surface area contributed by atoms with Crippen LogP contribution in [0, 0.1) is 10.1 Å². The fraction of sp³-hybridized carbons (Fsp3) is 0.250. The summed E-state index contributed by atoms with van der Waals surface area (Å²) in [6, 6.07) is 3.79. The van der Waals surface area contributed by atoms with Crippen molar-refractivity contribution in [2.75, 3.05) is 5.32 Å². The minimum atomic E-state index is -0.677. The highest BCUT2D eigenvalue weighted by Gasteiger charge is 2.24. The number of nitrogens with zero attached hydrogens (tertiary/aromatic N) is 3. The molecule has 1 aromatic heterocycles. The number of para-hydroxylation sites is 1. The standard InChI is InChI=1S/C12H12N4O4S/c1-6(2)9-11(21-15-14-9)12(18)13-10-7(16(19)20)4-3-5-8(10)17/h3-6,17H,1-2H3,(H,13,18). The van der Waals surface area contributed by atoms with E-state index < -0.39 is 10.8 Å². The van der Waals surface area contributed by atoms with E-state index >= 15 is 0 Å². The van der Waals surface area contributed by atoms with Crippen LogP contribution in [-0.4, -0.2) is 25.5 Å². The third-order valence-corrected chi connectivity index (χ3v) is 3.46. The van der Waals surface area contributed by atoms with Crippen molar-refractivity contribution >= 4 is 28.8 Å². The lowest BCUT2D eigenvalue weighted by Gasteiger charge is -2.08. The Hall–Kier alpha value is -2.55. The number of amides is 1. The number of nitrogens with one attached hydrogen (secondary N) is 1. The van der Waals surface area contributed by atoms with E-state index in [0.717, 1.165) is 11.5 Å². The number of benzene rings is 1.